The fraction of sp³-hybridized carbons (Fsp3) is 1.00. The third-order valence-electron chi connectivity index (χ3n) is 3.52. The topological polar surface area (TPSA) is 21.3 Å². The van der Waals surface area contributed by atoms with E-state index in [0.29, 0.717) is 11.6 Å². The Morgan fingerprint density at radius 2 is 2.07 bits per heavy atom. The summed E-state index contributed by atoms with van der Waals surface area (Å²) in [7, 11) is 0. The Hall–Kier alpha value is -0.0800. The molecule has 0 aromatic heterocycles. The van der Waals surface area contributed by atoms with Crippen molar-refractivity contribution in [3.8, 4) is 0 Å². The number of morpholine rings is 1. The maximum atomic E-state index is 5.76. The average Bonchev–Trinajstić information content (AvgIpc) is 2.52. The second kappa shape index (κ2) is 4.19. The van der Waals surface area contributed by atoms with Crippen molar-refractivity contribution in [1.29, 1.82) is 0 Å². The number of hydrogen-bond acceptors (Lipinski definition) is 2. The molecule has 2 fully saturated rings. The Morgan fingerprint density at radius 3 is 2.71 bits per heavy atom. The van der Waals surface area contributed by atoms with Crippen LogP contribution in [0.3, 0.4) is 0 Å². The number of hydrogen-bond donors (Lipinski definition) is 1. The molecule has 0 bridgehead atoms. The van der Waals surface area contributed by atoms with Crippen LogP contribution in [0, 0.1) is 5.92 Å². The lowest BCUT2D eigenvalue weighted by Gasteiger charge is -2.40. The fourth-order valence-electron chi connectivity index (χ4n) is 2.95. The molecule has 0 aromatic carbocycles. The van der Waals surface area contributed by atoms with Gasteiger partial charge in [-0.15, -0.1) is 0 Å². The van der Waals surface area contributed by atoms with Crippen molar-refractivity contribution in [2.45, 2.75) is 57.5 Å². The first-order valence-corrected chi connectivity index (χ1v) is 6.06. The third kappa shape index (κ3) is 2.29. The molecule has 1 saturated heterocycles. The van der Waals surface area contributed by atoms with Crippen LogP contribution in [0.25, 0.3) is 0 Å². The Balaban J connectivity index is 1.90. The lowest BCUT2D eigenvalue weighted by Crippen LogP contribution is -2.57. The zero-order valence-electron chi connectivity index (χ0n) is 9.51. The van der Waals surface area contributed by atoms with Gasteiger partial charge >= 0.3 is 0 Å². The Labute approximate surface area is 87.4 Å². The largest absolute Gasteiger partial charge is 0.378 e. The SMILES string of the molecule is CC(C)C[C@@H]1COCC2(CCCC2)N1. The molecule has 0 radical (unpaired) electrons. The first-order chi connectivity index (χ1) is 6.70. The number of ether oxygens (including phenoxy) is 1. The molecule has 0 amide bonds. The summed E-state index contributed by atoms with van der Waals surface area (Å²) in [5, 5.41) is 3.84. The highest BCUT2D eigenvalue weighted by Crippen LogP contribution is 2.32. The van der Waals surface area contributed by atoms with Crippen LogP contribution in [-0.2, 0) is 4.74 Å². The minimum absolute atomic E-state index is 0.359. The second-order valence-corrected chi connectivity index (χ2v) is 5.47. The van der Waals surface area contributed by atoms with Crippen LogP contribution >= 0.6 is 0 Å². The highest BCUT2D eigenvalue weighted by Gasteiger charge is 2.38. The third-order valence-corrected chi connectivity index (χ3v) is 3.52. The Bertz CT molecular complexity index is 185. The van der Waals surface area contributed by atoms with E-state index < -0.39 is 0 Å². The van der Waals surface area contributed by atoms with Gasteiger partial charge in [0.15, 0.2) is 0 Å². The number of rotatable bonds is 2. The molecule has 1 spiro atoms. The highest BCUT2D eigenvalue weighted by molar-refractivity contribution is 4.97. The van der Waals surface area contributed by atoms with E-state index >= 15 is 0 Å². The van der Waals surface area contributed by atoms with Crippen LogP contribution in [0.1, 0.15) is 46.0 Å². The van der Waals surface area contributed by atoms with Crippen molar-refractivity contribution in [2.24, 2.45) is 5.92 Å². The van der Waals surface area contributed by atoms with Crippen molar-refractivity contribution in [3.05, 3.63) is 0 Å². The quantitative estimate of drug-likeness (QED) is 0.733. The van der Waals surface area contributed by atoms with Crippen LogP contribution in [0.2, 0.25) is 0 Å². The summed E-state index contributed by atoms with van der Waals surface area (Å²) < 4.78 is 5.76. The van der Waals surface area contributed by atoms with Gasteiger partial charge in [-0.3, -0.25) is 0 Å². The van der Waals surface area contributed by atoms with Gasteiger partial charge in [0, 0.05) is 11.6 Å². The van der Waals surface area contributed by atoms with Crippen molar-refractivity contribution >= 4 is 0 Å². The Kier molecular flexibility index (Phi) is 3.13. The van der Waals surface area contributed by atoms with Crippen LogP contribution in [0.15, 0.2) is 0 Å². The van der Waals surface area contributed by atoms with E-state index in [-0.39, 0.29) is 0 Å². The van der Waals surface area contributed by atoms with Gasteiger partial charge in [-0.05, 0) is 25.2 Å². The molecule has 82 valence electrons. The molecular weight excluding hydrogens is 174 g/mol. The van der Waals surface area contributed by atoms with Gasteiger partial charge < -0.3 is 10.1 Å². The zero-order chi connectivity index (χ0) is 10.0. The summed E-state index contributed by atoms with van der Waals surface area (Å²) in [5.74, 6) is 0.771. The van der Waals surface area contributed by atoms with Crippen LogP contribution < -0.4 is 5.32 Å². The van der Waals surface area contributed by atoms with Gasteiger partial charge in [0.2, 0.25) is 0 Å². The maximum Gasteiger partial charge on any atom is 0.0649 e. The van der Waals surface area contributed by atoms with Gasteiger partial charge in [-0.2, -0.15) is 0 Å². The molecule has 2 rings (SSSR count). The van der Waals surface area contributed by atoms with E-state index in [0.717, 1.165) is 19.1 Å². The smallest absolute Gasteiger partial charge is 0.0649 e. The van der Waals surface area contributed by atoms with E-state index in [1.807, 2.05) is 0 Å². The standard InChI is InChI=1S/C12H23NO/c1-10(2)7-11-8-14-9-12(13-11)5-3-4-6-12/h10-11,13H,3-9H2,1-2H3/t11-/m1/s1. The highest BCUT2D eigenvalue weighted by atomic mass is 16.5. The van der Waals surface area contributed by atoms with E-state index in [4.69, 9.17) is 4.74 Å². The summed E-state index contributed by atoms with van der Waals surface area (Å²) in [5.41, 5.74) is 0.359. The lowest BCUT2D eigenvalue weighted by atomic mass is 9.93. The van der Waals surface area contributed by atoms with E-state index in [9.17, 15) is 0 Å². The molecule has 0 unspecified atom stereocenters. The van der Waals surface area contributed by atoms with E-state index in [2.05, 4.69) is 19.2 Å². The minimum atomic E-state index is 0.359. The van der Waals surface area contributed by atoms with Gasteiger partial charge in [0.1, 0.15) is 0 Å². The molecule has 14 heavy (non-hydrogen) atoms. The lowest BCUT2D eigenvalue weighted by molar-refractivity contribution is -0.00391. The molecule has 2 heteroatoms. The molecule has 0 aromatic rings. The second-order valence-electron chi connectivity index (χ2n) is 5.47. The monoisotopic (exact) mass is 197 g/mol. The summed E-state index contributed by atoms with van der Waals surface area (Å²) in [4.78, 5) is 0. The maximum absolute atomic E-state index is 5.76. The fourth-order valence-corrected chi connectivity index (χ4v) is 2.95. The molecular formula is C12H23NO. The molecule has 1 saturated carbocycles. The average molecular weight is 197 g/mol. The predicted molar refractivity (Wildman–Crippen MR) is 58.4 cm³/mol. The predicted octanol–water partition coefficient (Wildman–Crippen LogP) is 2.33. The van der Waals surface area contributed by atoms with Crippen molar-refractivity contribution in [3.63, 3.8) is 0 Å². The first-order valence-electron chi connectivity index (χ1n) is 6.06. The molecule has 1 heterocycles. The van der Waals surface area contributed by atoms with Crippen LogP contribution in [0.4, 0.5) is 0 Å². The molecule has 2 nitrogen and oxygen atoms in total. The van der Waals surface area contributed by atoms with Gasteiger partial charge in [-0.1, -0.05) is 26.7 Å². The van der Waals surface area contributed by atoms with E-state index in [1.54, 1.807) is 0 Å². The van der Waals surface area contributed by atoms with Crippen LogP contribution in [-0.4, -0.2) is 24.8 Å². The zero-order valence-corrected chi connectivity index (χ0v) is 9.51. The summed E-state index contributed by atoms with van der Waals surface area (Å²) in [6, 6.07) is 0.599. The molecule has 1 aliphatic carbocycles. The van der Waals surface area contributed by atoms with Crippen molar-refractivity contribution in [2.75, 3.05) is 13.2 Å². The summed E-state index contributed by atoms with van der Waals surface area (Å²) in [6.07, 6.45) is 6.65. The number of nitrogens with one attached hydrogen (secondary N) is 1. The van der Waals surface area contributed by atoms with Crippen molar-refractivity contribution < 1.29 is 4.74 Å². The molecule has 2 aliphatic rings. The summed E-state index contributed by atoms with van der Waals surface area (Å²) in [6.45, 7) is 6.44. The first kappa shape index (κ1) is 10.4. The van der Waals surface area contributed by atoms with Gasteiger partial charge in [0.05, 0.1) is 13.2 Å². The van der Waals surface area contributed by atoms with Crippen molar-refractivity contribution in [1.82, 2.24) is 5.32 Å². The Morgan fingerprint density at radius 1 is 1.36 bits per heavy atom. The molecule has 1 atom stereocenters. The van der Waals surface area contributed by atoms with Gasteiger partial charge in [0.25, 0.3) is 0 Å². The normalized spacial score (nSPS) is 31.5. The summed E-state index contributed by atoms with van der Waals surface area (Å²) >= 11 is 0. The molecule has 1 N–H and O–H groups in total. The van der Waals surface area contributed by atoms with Gasteiger partial charge in [-0.25, -0.2) is 0 Å². The van der Waals surface area contributed by atoms with E-state index in [1.165, 1.54) is 32.1 Å². The van der Waals surface area contributed by atoms with Crippen LogP contribution in [0.5, 0.6) is 0 Å². The minimum Gasteiger partial charge on any atom is -0.378 e. The molecule has 1 aliphatic heterocycles.